The van der Waals surface area contributed by atoms with Crippen molar-refractivity contribution in [3.05, 3.63) is 64.4 Å². The number of aryl methyl sites for hydroxylation is 1. The van der Waals surface area contributed by atoms with Gasteiger partial charge in [0.2, 0.25) is 5.91 Å². The van der Waals surface area contributed by atoms with Gasteiger partial charge in [-0.2, -0.15) is 10.5 Å². The lowest BCUT2D eigenvalue weighted by Gasteiger charge is -2.20. The number of aromatic nitrogens is 2. The van der Waals surface area contributed by atoms with Crippen molar-refractivity contribution in [2.75, 3.05) is 18.8 Å². The first-order chi connectivity index (χ1) is 15.0. The number of hydrogen-bond acceptors (Lipinski definition) is 6. The van der Waals surface area contributed by atoms with Crippen LogP contribution in [0, 0.1) is 29.6 Å². The van der Waals surface area contributed by atoms with E-state index in [4.69, 9.17) is 10.5 Å². The van der Waals surface area contributed by atoms with Gasteiger partial charge in [0.25, 0.3) is 5.56 Å². The Morgan fingerprint density at radius 3 is 2.35 bits per heavy atom. The highest BCUT2D eigenvalue weighted by molar-refractivity contribution is 7.99. The van der Waals surface area contributed by atoms with Gasteiger partial charge in [-0.25, -0.2) is 4.98 Å². The summed E-state index contributed by atoms with van der Waals surface area (Å²) in [5.41, 5.74) is 2.11. The Morgan fingerprint density at radius 2 is 1.71 bits per heavy atom. The molecule has 2 aromatic carbocycles. The van der Waals surface area contributed by atoms with E-state index in [-0.39, 0.29) is 43.2 Å². The number of nitriles is 2. The van der Waals surface area contributed by atoms with Gasteiger partial charge in [0, 0.05) is 13.1 Å². The molecule has 1 amide bonds. The van der Waals surface area contributed by atoms with Gasteiger partial charge in [-0.15, -0.1) is 0 Å². The van der Waals surface area contributed by atoms with E-state index in [0.717, 1.165) is 5.56 Å². The zero-order valence-electron chi connectivity index (χ0n) is 17.1. The maximum absolute atomic E-state index is 13.2. The SMILES string of the molecule is Cc1ccc(-n2c(SCC(=O)N(CCC#N)CCC#N)nc3ccccc3c2=O)cc1. The van der Waals surface area contributed by atoms with Crippen molar-refractivity contribution in [1.82, 2.24) is 14.5 Å². The van der Waals surface area contributed by atoms with E-state index in [1.807, 2.05) is 49.4 Å². The summed E-state index contributed by atoms with van der Waals surface area (Å²) in [6.07, 6.45) is 0.397. The minimum absolute atomic E-state index is 0.0491. The molecule has 0 aliphatic carbocycles. The minimum Gasteiger partial charge on any atom is -0.340 e. The Bertz CT molecular complexity index is 1200. The molecule has 0 radical (unpaired) electrons. The normalized spacial score (nSPS) is 10.4. The highest BCUT2D eigenvalue weighted by Crippen LogP contribution is 2.22. The summed E-state index contributed by atoms with van der Waals surface area (Å²) in [4.78, 5) is 32.1. The third kappa shape index (κ3) is 5.30. The Kier molecular flexibility index (Phi) is 7.42. The summed E-state index contributed by atoms with van der Waals surface area (Å²) < 4.78 is 1.52. The van der Waals surface area contributed by atoms with Gasteiger partial charge >= 0.3 is 0 Å². The molecule has 3 rings (SSSR count). The quantitative estimate of drug-likeness (QED) is 0.400. The number of rotatable bonds is 8. The highest BCUT2D eigenvalue weighted by Gasteiger charge is 2.18. The monoisotopic (exact) mass is 431 g/mol. The Hall–Kier alpha value is -3.62. The predicted molar refractivity (Wildman–Crippen MR) is 120 cm³/mol. The molecule has 0 unspecified atom stereocenters. The molecule has 1 aromatic heterocycles. The van der Waals surface area contributed by atoms with Crippen molar-refractivity contribution in [1.29, 1.82) is 10.5 Å². The summed E-state index contributed by atoms with van der Waals surface area (Å²) >= 11 is 1.17. The molecule has 1 heterocycles. The van der Waals surface area contributed by atoms with Gasteiger partial charge in [-0.1, -0.05) is 41.6 Å². The van der Waals surface area contributed by atoms with Gasteiger partial charge in [0.15, 0.2) is 5.16 Å². The number of para-hydroxylation sites is 1. The molecule has 0 atom stereocenters. The van der Waals surface area contributed by atoms with E-state index in [1.165, 1.54) is 21.2 Å². The molecular weight excluding hydrogens is 410 g/mol. The first kappa shape index (κ1) is 22.1. The topological polar surface area (TPSA) is 103 Å². The molecule has 0 aliphatic heterocycles. The van der Waals surface area contributed by atoms with E-state index >= 15 is 0 Å². The van der Waals surface area contributed by atoms with Crippen molar-refractivity contribution >= 4 is 28.6 Å². The number of thioether (sulfide) groups is 1. The van der Waals surface area contributed by atoms with Gasteiger partial charge in [0.1, 0.15) is 0 Å². The van der Waals surface area contributed by atoms with Gasteiger partial charge in [-0.05, 0) is 31.2 Å². The number of amides is 1. The molecule has 0 fully saturated rings. The van der Waals surface area contributed by atoms with E-state index in [2.05, 4.69) is 4.98 Å². The van der Waals surface area contributed by atoms with Crippen LogP contribution in [-0.4, -0.2) is 39.2 Å². The largest absolute Gasteiger partial charge is 0.340 e. The molecule has 0 aliphatic rings. The molecule has 3 aromatic rings. The van der Waals surface area contributed by atoms with Crippen molar-refractivity contribution in [2.45, 2.75) is 24.9 Å². The van der Waals surface area contributed by atoms with Gasteiger partial charge < -0.3 is 4.90 Å². The molecule has 31 heavy (non-hydrogen) atoms. The molecule has 0 N–H and O–H groups in total. The number of carbonyl (C=O) groups is 1. The summed E-state index contributed by atoms with van der Waals surface area (Å²) in [6.45, 7) is 2.51. The first-order valence-corrected chi connectivity index (χ1v) is 10.8. The van der Waals surface area contributed by atoms with Crippen LogP contribution in [0.3, 0.4) is 0 Å². The zero-order valence-corrected chi connectivity index (χ0v) is 17.9. The summed E-state index contributed by atoms with van der Waals surface area (Å²) in [5.74, 6) is -0.151. The Morgan fingerprint density at radius 1 is 1.06 bits per heavy atom. The lowest BCUT2D eigenvalue weighted by Crippen LogP contribution is -2.34. The fourth-order valence-corrected chi connectivity index (χ4v) is 3.99. The summed E-state index contributed by atoms with van der Waals surface area (Å²) in [7, 11) is 0. The molecule has 0 saturated heterocycles. The summed E-state index contributed by atoms with van der Waals surface area (Å²) in [5, 5.41) is 18.6. The van der Waals surface area contributed by atoms with Crippen LogP contribution in [0.4, 0.5) is 0 Å². The maximum atomic E-state index is 13.2. The molecule has 156 valence electrons. The number of carbonyl (C=O) groups excluding carboxylic acids is 1. The lowest BCUT2D eigenvalue weighted by atomic mass is 10.2. The number of fused-ring (bicyclic) bond motifs is 1. The Balaban J connectivity index is 1.95. The average Bonchev–Trinajstić information content (AvgIpc) is 2.78. The molecular formula is C23H21N5O2S. The highest BCUT2D eigenvalue weighted by atomic mass is 32.2. The third-order valence-corrected chi connectivity index (χ3v) is 5.62. The van der Waals surface area contributed by atoms with E-state index in [0.29, 0.717) is 21.7 Å². The van der Waals surface area contributed by atoms with Crippen LogP contribution in [0.2, 0.25) is 0 Å². The van der Waals surface area contributed by atoms with Gasteiger partial charge in [0.05, 0.1) is 47.3 Å². The number of benzene rings is 2. The van der Waals surface area contributed by atoms with Crippen LogP contribution in [0.1, 0.15) is 18.4 Å². The van der Waals surface area contributed by atoms with Gasteiger partial charge in [-0.3, -0.25) is 14.2 Å². The molecule has 0 spiro atoms. The fraction of sp³-hybridized carbons (Fsp3) is 0.261. The molecule has 0 saturated carbocycles. The van der Waals surface area contributed by atoms with Crippen LogP contribution in [0.25, 0.3) is 16.6 Å². The van der Waals surface area contributed by atoms with Crippen LogP contribution in [0.5, 0.6) is 0 Å². The van der Waals surface area contributed by atoms with Crippen LogP contribution in [-0.2, 0) is 4.79 Å². The third-order valence-electron chi connectivity index (χ3n) is 4.70. The predicted octanol–water partition coefficient (Wildman–Crippen LogP) is 3.44. The zero-order chi connectivity index (χ0) is 22.2. The fourth-order valence-electron chi connectivity index (χ4n) is 3.08. The van der Waals surface area contributed by atoms with Crippen molar-refractivity contribution in [3.63, 3.8) is 0 Å². The van der Waals surface area contributed by atoms with E-state index < -0.39 is 0 Å². The van der Waals surface area contributed by atoms with Crippen LogP contribution < -0.4 is 5.56 Å². The lowest BCUT2D eigenvalue weighted by molar-refractivity contribution is -0.128. The van der Waals surface area contributed by atoms with Crippen molar-refractivity contribution in [3.8, 4) is 17.8 Å². The second-order valence-corrected chi connectivity index (χ2v) is 7.82. The van der Waals surface area contributed by atoms with E-state index in [1.54, 1.807) is 18.2 Å². The minimum atomic E-state index is -0.201. The summed E-state index contributed by atoms with van der Waals surface area (Å²) in [6, 6.07) is 18.7. The maximum Gasteiger partial charge on any atom is 0.266 e. The standard InChI is InChI=1S/C23H21N5O2S/c1-17-8-10-18(11-9-17)28-22(30)19-6-2-3-7-20(19)26-23(28)31-16-21(29)27(14-4-12-24)15-5-13-25/h2-3,6-11H,4-5,14-16H2,1H3. The smallest absolute Gasteiger partial charge is 0.266 e. The number of nitrogens with zero attached hydrogens (tertiary/aromatic N) is 5. The molecule has 7 nitrogen and oxygen atoms in total. The molecule has 8 heteroatoms. The first-order valence-electron chi connectivity index (χ1n) is 9.78. The Labute approximate surface area is 184 Å². The number of hydrogen-bond donors (Lipinski definition) is 0. The molecule has 0 bridgehead atoms. The van der Waals surface area contributed by atoms with Crippen LogP contribution in [0.15, 0.2) is 58.5 Å². The average molecular weight is 432 g/mol. The second-order valence-electron chi connectivity index (χ2n) is 6.87. The van der Waals surface area contributed by atoms with Crippen LogP contribution >= 0.6 is 11.8 Å². The second kappa shape index (κ2) is 10.4. The van der Waals surface area contributed by atoms with Crippen molar-refractivity contribution in [2.24, 2.45) is 0 Å². The van der Waals surface area contributed by atoms with E-state index in [9.17, 15) is 9.59 Å². The van der Waals surface area contributed by atoms with Crippen molar-refractivity contribution < 1.29 is 4.79 Å².